The number of nitrogens with two attached hydrogens (primary N) is 1. The summed E-state index contributed by atoms with van der Waals surface area (Å²) in [6, 6.07) is 32.3. The Kier molecular flexibility index (Phi) is 20.8. The number of carbonyl (C=O) groups is 3. The number of hydrogen-bond donors (Lipinski definition) is 5. The molecule has 2 amide bonds. The highest BCUT2D eigenvalue weighted by Gasteiger charge is 2.09. The molecule has 0 radical (unpaired) electrons. The monoisotopic (exact) mass is 702 g/mol. The van der Waals surface area contributed by atoms with E-state index in [0.29, 0.717) is 37.3 Å². The molecule has 0 aromatic heterocycles. The van der Waals surface area contributed by atoms with Gasteiger partial charge in [0.2, 0.25) is 11.8 Å². The first-order chi connectivity index (χ1) is 23.5. The van der Waals surface area contributed by atoms with Crippen LogP contribution >= 0.6 is 12.4 Å². The number of aliphatic imine (C=N–C) groups is 1. The summed E-state index contributed by atoms with van der Waals surface area (Å²) in [7, 11) is 0. The third kappa shape index (κ3) is 16.4. The van der Waals surface area contributed by atoms with Crippen molar-refractivity contribution in [3.63, 3.8) is 0 Å². The van der Waals surface area contributed by atoms with E-state index in [1.165, 1.54) is 12.1 Å². The zero-order valence-electron chi connectivity index (χ0n) is 29.3. The lowest BCUT2D eigenvalue weighted by molar-refractivity contribution is -0.124. The molecule has 50 heavy (non-hydrogen) atoms. The van der Waals surface area contributed by atoms with Crippen LogP contribution in [0.25, 0.3) is 0 Å². The summed E-state index contributed by atoms with van der Waals surface area (Å²) < 4.78 is 0. The van der Waals surface area contributed by atoms with Crippen LogP contribution in [0, 0.1) is 11.8 Å². The maximum Gasteiger partial charge on any atom is 0.222 e. The second-order valence-electron chi connectivity index (χ2n) is 11.8. The van der Waals surface area contributed by atoms with Crippen molar-refractivity contribution in [3.05, 3.63) is 131 Å². The Morgan fingerprint density at radius 3 is 1.42 bits per heavy atom. The molecule has 0 saturated heterocycles. The number of ketones is 1. The number of amides is 2. The molecule has 0 spiro atoms. The fraction of sp³-hybridized carbons (Fsp3) is 0.300. The van der Waals surface area contributed by atoms with Gasteiger partial charge in [0.15, 0.2) is 5.78 Å². The van der Waals surface area contributed by atoms with E-state index in [2.05, 4.69) is 10.6 Å². The van der Waals surface area contributed by atoms with Crippen LogP contribution in [0.3, 0.4) is 0 Å². The van der Waals surface area contributed by atoms with Crippen molar-refractivity contribution in [3.8, 4) is 11.5 Å². The maximum atomic E-state index is 11.9. The van der Waals surface area contributed by atoms with Crippen LogP contribution in [0.2, 0.25) is 0 Å². The fourth-order valence-electron chi connectivity index (χ4n) is 4.14. The molecule has 0 heterocycles. The second-order valence-corrected chi connectivity index (χ2v) is 11.8. The number of nitrogens with zero attached hydrogens (tertiary/aromatic N) is 1. The first-order valence-electron chi connectivity index (χ1n) is 16.6. The summed E-state index contributed by atoms with van der Waals surface area (Å²) in [4.78, 5) is 39.0. The number of rotatable bonds is 13. The first-order valence-corrected chi connectivity index (χ1v) is 16.6. The lowest BCUT2D eigenvalue weighted by Crippen LogP contribution is -2.29. The van der Waals surface area contributed by atoms with Crippen molar-refractivity contribution < 1.29 is 24.6 Å². The summed E-state index contributed by atoms with van der Waals surface area (Å²) in [5.74, 6) is 0.634. The van der Waals surface area contributed by atoms with Crippen LogP contribution in [-0.4, -0.2) is 59.7 Å². The van der Waals surface area contributed by atoms with Crippen molar-refractivity contribution in [1.29, 1.82) is 0 Å². The van der Waals surface area contributed by atoms with Gasteiger partial charge in [0.25, 0.3) is 0 Å². The number of carbonyl (C=O) groups excluding carboxylic acids is 3. The summed E-state index contributed by atoms with van der Waals surface area (Å²) in [5, 5.41) is 24.2. The van der Waals surface area contributed by atoms with Gasteiger partial charge in [0, 0.05) is 53.7 Å². The summed E-state index contributed by atoms with van der Waals surface area (Å²) in [6.07, 6.45) is 1.64. The van der Waals surface area contributed by atoms with E-state index >= 15 is 0 Å². The zero-order valence-corrected chi connectivity index (χ0v) is 30.2. The number of phenolic OH excluding ortho intramolecular Hbond substituents is 2. The van der Waals surface area contributed by atoms with Gasteiger partial charge in [0.05, 0.1) is 5.71 Å². The largest absolute Gasteiger partial charge is 0.508 e. The number of hydrogen-bond acceptors (Lipinski definition) is 7. The molecule has 10 heteroatoms. The highest BCUT2D eigenvalue weighted by Crippen LogP contribution is 2.16. The minimum Gasteiger partial charge on any atom is -0.508 e. The number of phenols is 2. The van der Waals surface area contributed by atoms with Crippen LogP contribution in [0.4, 0.5) is 0 Å². The van der Waals surface area contributed by atoms with E-state index in [0.717, 1.165) is 29.7 Å². The lowest BCUT2D eigenvalue weighted by Gasteiger charge is -2.09. The van der Waals surface area contributed by atoms with Gasteiger partial charge in [-0.2, -0.15) is 0 Å². The smallest absolute Gasteiger partial charge is 0.222 e. The normalized spacial score (nSPS) is 10.5. The van der Waals surface area contributed by atoms with Crippen LogP contribution in [0.1, 0.15) is 67.6 Å². The van der Waals surface area contributed by atoms with E-state index in [1.54, 1.807) is 36.4 Å². The van der Waals surface area contributed by atoms with Gasteiger partial charge >= 0.3 is 0 Å². The molecule has 0 aliphatic carbocycles. The maximum absolute atomic E-state index is 11.9. The van der Waals surface area contributed by atoms with Crippen LogP contribution in [-0.2, 0) is 9.59 Å². The van der Waals surface area contributed by atoms with Crippen LogP contribution in [0.15, 0.2) is 114 Å². The Morgan fingerprint density at radius 1 is 0.600 bits per heavy atom. The van der Waals surface area contributed by atoms with Gasteiger partial charge in [-0.15, -0.1) is 12.4 Å². The quantitative estimate of drug-likeness (QED) is 0.0605. The summed E-state index contributed by atoms with van der Waals surface area (Å²) in [6.45, 7) is 10.1. The molecule has 0 saturated carbocycles. The lowest BCUT2D eigenvalue weighted by atomic mass is 10.0. The topological polar surface area (TPSA) is 154 Å². The summed E-state index contributed by atoms with van der Waals surface area (Å²) in [5.41, 5.74) is 9.37. The number of benzene rings is 4. The van der Waals surface area contributed by atoms with Crippen molar-refractivity contribution in [1.82, 2.24) is 10.6 Å². The van der Waals surface area contributed by atoms with Gasteiger partial charge in [0.1, 0.15) is 11.5 Å². The molecule has 0 atom stereocenters. The third-order valence-electron chi connectivity index (χ3n) is 6.99. The van der Waals surface area contributed by atoms with E-state index in [9.17, 15) is 19.5 Å². The summed E-state index contributed by atoms with van der Waals surface area (Å²) >= 11 is 0. The molecule has 0 aliphatic rings. The molecule has 6 N–H and O–H groups in total. The van der Waals surface area contributed by atoms with Gasteiger partial charge < -0.3 is 26.6 Å². The standard InChI is InChI=1S/C20H24N2O2.C13H10O2.C7H16N2O.ClH/c1-15(2)20(24)22-14-6-13-21-19(16-7-4-3-5-8-16)17-9-11-18(23)12-10-17;14-12-8-6-11(7-9-12)13(15)10-4-2-1-3-5-10;1-6(2)7(10)9-5-3-4-8;/h3-5,7-12,15,23H,6,13-14H2,1-2H3,(H,22,24);1-9,14H;6H,3-5,8H2,1-2H3,(H,9,10);1H. The Balaban J connectivity index is 0.000000411. The highest BCUT2D eigenvalue weighted by molar-refractivity contribution is 6.13. The molecule has 0 fully saturated rings. The van der Waals surface area contributed by atoms with Crippen LogP contribution in [0.5, 0.6) is 11.5 Å². The Morgan fingerprint density at radius 2 is 0.980 bits per heavy atom. The second kappa shape index (κ2) is 24.2. The molecular weight excluding hydrogens is 652 g/mol. The molecule has 4 aromatic carbocycles. The minimum atomic E-state index is -0.0319. The van der Waals surface area contributed by atoms with Gasteiger partial charge in [-0.3, -0.25) is 19.4 Å². The molecule has 4 rings (SSSR count). The molecule has 0 unspecified atom stereocenters. The van der Waals surface area contributed by atoms with Crippen LogP contribution < -0.4 is 16.4 Å². The van der Waals surface area contributed by atoms with Crippen molar-refractivity contribution in [2.75, 3.05) is 26.2 Å². The number of aromatic hydroxyl groups is 2. The van der Waals surface area contributed by atoms with Crippen molar-refractivity contribution >= 4 is 35.7 Å². The molecule has 268 valence electrons. The van der Waals surface area contributed by atoms with E-state index in [4.69, 9.17) is 15.8 Å². The zero-order chi connectivity index (χ0) is 36.0. The predicted octanol–water partition coefficient (Wildman–Crippen LogP) is 6.54. The number of nitrogens with one attached hydrogen (secondary N) is 2. The highest BCUT2D eigenvalue weighted by atomic mass is 35.5. The third-order valence-corrected chi connectivity index (χ3v) is 6.99. The Labute approximate surface area is 302 Å². The van der Waals surface area contributed by atoms with Crippen molar-refractivity contribution in [2.24, 2.45) is 22.6 Å². The number of halogens is 1. The Hall–Kier alpha value is -4.99. The van der Waals surface area contributed by atoms with E-state index < -0.39 is 0 Å². The fourth-order valence-corrected chi connectivity index (χ4v) is 4.14. The average Bonchev–Trinajstić information content (AvgIpc) is 3.11. The minimum absolute atomic E-state index is 0. The SMILES string of the molecule is CC(C)C(=O)NCCCN.CC(C)C(=O)NCCCN=C(c1ccccc1)c1ccc(O)cc1.Cl.O=C(c1ccccc1)c1ccc(O)cc1. The van der Waals surface area contributed by atoms with Gasteiger partial charge in [-0.05, 0) is 67.9 Å². The average molecular weight is 703 g/mol. The van der Waals surface area contributed by atoms with Gasteiger partial charge in [-0.1, -0.05) is 88.4 Å². The molecule has 0 bridgehead atoms. The van der Waals surface area contributed by atoms with E-state index in [-0.39, 0.29) is 53.3 Å². The van der Waals surface area contributed by atoms with Crippen molar-refractivity contribution in [2.45, 2.75) is 40.5 Å². The first kappa shape index (κ1) is 43.0. The molecule has 9 nitrogen and oxygen atoms in total. The predicted molar refractivity (Wildman–Crippen MR) is 204 cm³/mol. The molecule has 0 aliphatic heterocycles. The Bertz CT molecular complexity index is 1580. The van der Waals surface area contributed by atoms with Gasteiger partial charge in [-0.25, -0.2) is 0 Å². The van der Waals surface area contributed by atoms with E-state index in [1.807, 2.05) is 88.4 Å². The molecular formula is C40H51ClN4O5. The molecule has 4 aromatic rings.